The summed E-state index contributed by atoms with van der Waals surface area (Å²) in [5.41, 5.74) is 2.52. The van der Waals surface area contributed by atoms with Crippen LogP contribution in [0.2, 0.25) is 0 Å². The van der Waals surface area contributed by atoms with E-state index in [1.807, 2.05) is 4.90 Å². The van der Waals surface area contributed by atoms with Crippen molar-refractivity contribution in [2.24, 2.45) is 5.92 Å². The van der Waals surface area contributed by atoms with E-state index in [0.29, 0.717) is 12.5 Å². The van der Waals surface area contributed by atoms with Crippen molar-refractivity contribution < 1.29 is 9.53 Å². The van der Waals surface area contributed by atoms with Crippen LogP contribution in [0.4, 0.5) is 10.5 Å². The average Bonchev–Trinajstić information content (AvgIpc) is 2.61. The molecule has 1 amide bonds. The summed E-state index contributed by atoms with van der Waals surface area (Å²) >= 11 is 0. The van der Waals surface area contributed by atoms with Crippen LogP contribution in [0.15, 0.2) is 24.3 Å². The van der Waals surface area contributed by atoms with Crippen molar-refractivity contribution in [2.45, 2.75) is 19.8 Å². The van der Waals surface area contributed by atoms with Crippen LogP contribution in [-0.2, 0) is 4.74 Å². The number of hydrogen-bond acceptors (Lipinski definition) is 4. The first-order valence-corrected chi connectivity index (χ1v) is 9.03. The molecule has 2 fully saturated rings. The molecule has 0 N–H and O–H groups in total. The van der Waals surface area contributed by atoms with Crippen LogP contribution in [0.1, 0.15) is 18.4 Å². The van der Waals surface area contributed by atoms with Gasteiger partial charge >= 0.3 is 6.09 Å². The number of nitrogens with zero attached hydrogens (tertiary/aromatic N) is 3. The topological polar surface area (TPSA) is 36.0 Å². The van der Waals surface area contributed by atoms with Gasteiger partial charge in [0, 0.05) is 31.9 Å². The molecule has 1 aromatic carbocycles. The molecular formula is C19H29N3O2. The number of ether oxygens (including phenoxy) is 1. The normalized spacial score (nSPS) is 20.2. The van der Waals surface area contributed by atoms with Crippen molar-refractivity contribution >= 4 is 11.8 Å². The largest absolute Gasteiger partial charge is 0.449 e. The zero-order valence-corrected chi connectivity index (χ0v) is 14.9. The van der Waals surface area contributed by atoms with Gasteiger partial charge in [0.1, 0.15) is 0 Å². The van der Waals surface area contributed by atoms with Gasteiger partial charge < -0.3 is 19.4 Å². The fourth-order valence-corrected chi connectivity index (χ4v) is 3.48. The van der Waals surface area contributed by atoms with Gasteiger partial charge in [0.2, 0.25) is 0 Å². The molecule has 0 radical (unpaired) electrons. The third-order valence-corrected chi connectivity index (χ3v) is 5.19. The Hall–Kier alpha value is -1.75. The Bertz CT molecular complexity index is 547. The highest BCUT2D eigenvalue weighted by Crippen LogP contribution is 2.19. The fraction of sp³-hybridized carbons (Fsp3) is 0.632. The van der Waals surface area contributed by atoms with Gasteiger partial charge in [-0.05, 0) is 63.5 Å². The van der Waals surface area contributed by atoms with Gasteiger partial charge in [-0.2, -0.15) is 0 Å². The third kappa shape index (κ3) is 4.41. The molecule has 0 aromatic heterocycles. The van der Waals surface area contributed by atoms with Crippen molar-refractivity contribution in [3.63, 3.8) is 0 Å². The zero-order valence-electron chi connectivity index (χ0n) is 14.9. The van der Waals surface area contributed by atoms with Crippen molar-refractivity contribution in [3.05, 3.63) is 29.8 Å². The molecule has 24 heavy (non-hydrogen) atoms. The Morgan fingerprint density at radius 1 is 1.12 bits per heavy atom. The second-order valence-corrected chi connectivity index (χ2v) is 7.14. The number of rotatable bonds is 3. The number of aryl methyl sites for hydroxylation is 1. The predicted octanol–water partition coefficient (Wildman–Crippen LogP) is 2.60. The highest BCUT2D eigenvalue weighted by molar-refractivity contribution is 5.68. The molecule has 0 spiro atoms. The number of piperazine rings is 1. The number of anilines is 1. The Morgan fingerprint density at radius 2 is 1.83 bits per heavy atom. The molecule has 1 aromatic rings. The van der Waals surface area contributed by atoms with E-state index in [9.17, 15) is 4.79 Å². The van der Waals surface area contributed by atoms with E-state index >= 15 is 0 Å². The molecule has 0 aliphatic carbocycles. The molecule has 5 nitrogen and oxygen atoms in total. The lowest BCUT2D eigenvalue weighted by Crippen LogP contribution is -2.49. The molecule has 0 unspecified atom stereocenters. The smallest absolute Gasteiger partial charge is 0.409 e. The van der Waals surface area contributed by atoms with Crippen LogP contribution in [0.5, 0.6) is 0 Å². The molecule has 2 aliphatic rings. The van der Waals surface area contributed by atoms with Crippen LogP contribution in [0.25, 0.3) is 0 Å². The average molecular weight is 331 g/mol. The SMILES string of the molecule is Cc1cccc(N2CCN(C(=O)OCC3CCN(C)CC3)CC2)c1. The molecule has 2 saturated heterocycles. The van der Waals surface area contributed by atoms with Gasteiger partial charge in [0.05, 0.1) is 6.61 Å². The van der Waals surface area contributed by atoms with Crippen molar-refractivity contribution in [3.8, 4) is 0 Å². The second-order valence-electron chi connectivity index (χ2n) is 7.14. The summed E-state index contributed by atoms with van der Waals surface area (Å²) in [4.78, 5) is 18.8. The molecule has 5 heteroatoms. The van der Waals surface area contributed by atoms with E-state index in [0.717, 1.165) is 52.1 Å². The van der Waals surface area contributed by atoms with Gasteiger partial charge in [0.25, 0.3) is 0 Å². The molecule has 2 heterocycles. The lowest BCUT2D eigenvalue weighted by molar-refractivity contribution is 0.0715. The third-order valence-electron chi connectivity index (χ3n) is 5.19. The molecule has 0 bridgehead atoms. The Balaban J connectivity index is 1.42. The van der Waals surface area contributed by atoms with Crippen molar-refractivity contribution in [1.29, 1.82) is 0 Å². The number of carbonyl (C=O) groups excluding carboxylic acids is 1. The summed E-state index contributed by atoms with van der Waals surface area (Å²) in [6.45, 7) is 8.11. The fourth-order valence-electron chi connectivity index (χ4n) is 3.48. The van der Waals surface area contributed by atoms with Crippen LogP contribution in [0, 0.1) is 12.8 Å². The molecule has 0 saturated carbocycles. The zero-order chi connectivity index (χ0) is 16.9. The maximum atomic E-state index is 12.3. The first-order valence-electron chi connectivity index (χ1n) is 9.03. The summed E-state index contributed by atoms with van der Waals surface area (Å²) in [6, 6.07) is 8.54. The Kier molecular flexibility index (Phi) is 5.61. The van der Waals surface area contributed by atoms with Crippen molar-refractivity contribution in [2.75, 3.05) is 57.8 Å². The number of benzene rings is 1. The maximum absolute atomic E-state index is 12.3. The number of piperidine rings is 1. The van der Waals surface area contributed by atoms with Crippen LogP contribution in [0.3, 0.4) is 0 Å². The summed E-state index contributed by atoms with van der Waals surface area (Å²) in [5.74, 6) is 0.527. The van der Waals surface area contributed by atoms with Gasteiger partial charge in [-0.1, -0.05) is 12.1 Å². The number of hydrogen-bond donors (Lipinski definition) is 0. The van der Waals surface area contributed by atoms with E-state index < -0.39 is 0 Å². The van der Waals surface area contributed by atoms with E-state index in [1.54, 1.807) is 0 Å². The number of likely N-dealkylation sites (tertiary alicyclic amines) is 1. The minimum atomic E-state index is -0.141. The quantitative estimate of drug-likeness (QED) is 0.853. The molecule has 2 aliphatic heterocycles. The lowest BCUT2D eigenvalue weighted by atomic mass is 9.98. The molecule has 132 valence electrons. The van der Waals surface area contributed by atoms with Crippen molar-refractivity contribution in [1.82, 2.24) is 9.80 Å². The summed E-state index contributed by atoms with van der Waals surface area (Å²) in [6.07, 6.45) is 2.12. The minimum absolute atomic E-state index is 0.141. The standard InChI is InChI=1S/C19H29N3O2/c1-16-4-3-5-18(14-16)21-10-12-22(13-11-21)19(23)24-15-17-6-8-20(2)9-7-17/h3-5,14,17H,6-13,15H2,1-2H3. The minimum Gasteiger partial charge on any atom is -0.449 e. The van der Waals surface area contributed by atoms with E-state index in [1.165, 1.54) is 11.3 Å². The number of amides is 1. The van der Waals surface area contributed by atoms with Crippen LogP contribution in [-0.4, -0.2) is 68.8 Å². The summed E-state index contributed by atoms with van der Waals surface area (Å²) in [5, 5.41) is 0. The molecular weight excluding hydrogens is 302 g/mol. The van der Waals surface area contributed by atoms with Gasteiger partial charge in [-0.25, -0.2) is 4.79 Å². The Labute approximate surface area is 145 Å². The molecule has 0 atom stereocenters. The first-order chi connectivity index (χ1) is 11.6. The maximum Gasteiger partial charge on any atom is 0.409 e. The first kappa shape index (κ1) is 17.1. The van der Waals surface area contributed by atoms with Crippen LogP contribution < -0.4 is 4.90 Å². The van der Waals surface area contributed by atoms with E-state index in [2.05, 4.69) is 48.0 Å². The van der Waals surface area contributed by atoms with Gasteiger partial charge in [0.15, 0.2) is 0 Å². The highest BCUT2D eigenvalue weighted by atomic mass is 16.6. The van der Waals surface area contributed by atoms with Gasteiger partial charge in [-0.15, -0.1) is 0 Å². The highest BCUT2D eigenvalue weighted by Gasteiger charge is 2.24. The Morgan fingerprint density at radius 3 is 2.50 bits per heavy atom. The van der Waals surface area contributed by atoms with Gasteiger partial charge in [-0.3, -0.25) is 0 Å². The second kappa shape index (κ2) is 7.88. The van der Waals surface area contributed by atoms with E-state index in [4.69, 9.17) is 4.74 Å². The number of carbonyl (C=O) groups is 1. The lowest BCUT2D eigenvalue weighted by Gasteiger charge is -2.36. The van der Waals surface area contributed by atoms with Crippen LogP contribution >= 0.6 is 0 Å². The summed E-state index contributed by atoms with van der Waals surface area (Å²) in [7, 11) is 2.15. The molecule has 3 rings (SSSR count). The van der Waals surface area contributed by atoms with E-state index in [-0.39, 0.29) is 6.09 Å². The monoisotopic (exact) mass is 331 g/mol. The summed E-state index contributed by atoms with van der Waals surface area (Å²) < 4.78 is 5.57. The predicted molar refractivity (Wildman–Crippen MR) is 96.5 cm³/mol.